The molecule has 0 radical (unpaired) electrons. The minimum Gasteiger partial charge on any atom is -0.361 e. The van der Waals surface area contributed by atoms with E-state index in [9.17, 15) is 4.79 Å². The second kappa shape index (κ2) is 4.64. The molecule has 0 saturated carbocycles. The highest BCUT2D eigenvalue weighted by Crippen LogP contribution is 2.15. The van der Waals surface area contributed by atoms with Gasteiger partial charge in [-0.2, -0.15) is 0 Å². The van der Waals surface area contributed by atoms with Crippen LogP contribution >= 0.6 is 0 Å². The number of carbonyl (C=O) groups excluding carboxylic acids is 1. The third-order valence-corrected chi connectivity index (χ3v) is 2.77. The summed E-state index contributed by atoms with van der Waals surface area (Å²) in [5.74, 6) is 1.15. The zero-order valence-corrected chi connectivity index (χ0v) is 10.9. The van der Waals surface area contributed by atoms with E-state index in [2.05, 4.69) is 10.3 Å². The SMILES string of the molecule is Cc1cc(C(=O)N(C)Cc2c(C)noc2C)no1. The summed E-state index contributed by atoms with van der Waals surface area (Å²) in [5.41, 5.74) is 2.02. The van der Waals surface area contributed by atoms with Gasteiger partial charge in [0.15, 0.2) is 5.69 Å². The van der Waals surface area contributed by atoms with Crippen LogP contribution in [0.1, 0.15) is 33.3 Å². The number of aromatic nitrogens is 2. The molecule has 96 valence electrons. The van der Waals surface area contributed by atoms with Crippen LogP contribution < -0.4 is 0 Å². The first-order chi connectivity index (χ1) is 8.49. The van der Waals surface area contributed by atoms with Crippen LogP contribution in [-0.2, 0) is 6.54 Å². The van der Waals surface area contributed by atoms with Crippen LogP contribution in [0.2, 0.25) is 0 Å². The summed E-state index contributed by atoms with van der Waals surface area (Å²) in [7, 11) is 1.71. The molecule has 0 spiro atoms. The quantitative estimate of drug-likeness (QED) is 0.830. The molecule has 0 aliphatic heterocycles. The molecule has 6 nitrogen and oxygen atoms in total. The molecular formula is C12H15N3O3. The van der Waals surface area contributed by atoms with Gasteiger partial charge in [-0.05, 0) is 20.8 Å². The van der Waals surface area contributed by atoms with Crippen LogP contribution in [0.5, 0.6) is 0 Å². The number of nitrogens with zero attached hydrogens (tertiary/aromatic N) is 3. The summed E-state index contributed by atoms with van der Waals surface area (Å²) in [6.45, 7) is 5.86. The molecule has 1 amide bonds. The van der Waals surface area contributed by atoms with E-state index in [1.165, 1.54) is 0 Å². The second-order valence-electron chi connectivity index (χ2n) is 4.29. The average molecular weight is 249 g/mol. The largest absolute Gasteiger partial charge is 0.361 e. The molecule has 2 rings (SSSR count). The van der Waals surface area contributed by atoms with Gasteiger partial charge in [-0.25, -0.2) is 0 Å². The maximum atomic E-state index is 12.1. The van der Waals surface area contributed by atoms with Crippen LogP contribution in [0, 0.1) is 20.8 Å². The van der Waals surface area contributed by atoms with Crippen LogP contribution in [-0.4, -0.2) is 28.2 Å². The number of hydrogen-bond donors (Lipinski definition) is 0. The van der Waals surface area contributed by atoms with E-state index < -0.39 is 0 Å². The highest BCUT2D eigenvalue weighted by Gasteiger charge is 2.19. The van der Waals surface area contributed by atoms with Gasteiger partial charge >= 0.3 is 0 Å². The Morgan fingerprint density at radius 2 is 2.00 bits per heavy atom. The van der Waals surface area contributed by atoms with E-state index in [1.807, 2.05) is 13.8 Å². The van der Waals surface area contributed by atoms with Gasteiger partial charge in [-0.15, -0.1) is 0 Å². The molecule has 0 N–H and O–H groups in total. The molecule has 0 saturated heterocycles. The van der Waals surface area contributed by atoms with Gasteiger partial charge in [-0.1, -0.05) is 10.3 Å². The van der Waals surface area contributed by atoms with Crippen molar-refractivity contribution in [1.29, 1.82) is 0 Å². The van der Waals surface area contributed by atoms with Gasteiger partial charge < -0.3 is 13.9 Å². The highest BCUT2D eigenvalue weighted by molar-refractivity contribution is 5.92. The zero-order chi connectivity index (χ0) is 13.3. The lowest BCUT2D eigenvalue weighted by Gasteiger charge is -2.15. The first kappa shape index (κ1) is 12.3. The lowest BCUT2D eigenvalue weighted by molar-refractivity contribution is 0.0774. The van der Waals surface area contributed by atoms with Crippen molar-refractivity contribution in [3.63, 3.8) is 0 Å². The van der Waals surface area contributed by atoms with Crippen LogP contribution in [0.4, 0.5) is 0 Å². The maximum absolute atomic E-state index is 12.1. The van der Waals surface area contributed by atoms with Crippen molar-refractivity contribution in [2.24, 2.45) is 0 Å². The molecule has 0 aromatic carbocycles. The number of carbonyl (C=O) groups is 1. The topological polar surface area (TPSA) is 72.4 Å². The molecule has 2 aromatic heterocycles. The Morgan fingerprint density at radius 1 is 1.28 bits per heavy atom. The number of aryl methyl sites for hydroxylation is 3. The molecule has 0 aliphatic rings. The van der Waals surface area contributed by atoms with Crippen LogP contribution in [0.25, 0.3) is 0 Å². The van der Waals surface area contributed by atoms with Crippen molar-refractivity contribution in [1.82, 2.24) is 15.2 Å². The minimum atomic E-state index is -0.188. The highest BCUT2D eigenvalue weighted by atomic mass is 16.5. The lowest BCUT2D eigenvalue weighted by Crippen LogP contribution is -2.26. The number of rotatable bonds is 3. The normalized spacial score (nSPS) is 10.7. The molecule has 0 atom stereocenters. The van der Waals surface area contributed by atoms with E-state index in [0.717, 1.165) is 17.0 Å². The maximum Gasteiger partial charge on any atom is 0.276 e. The fraction of sp³-hybridized carbons (Fsp3) is 0.417. The van der Waals surface area contributed by atoms with Crippen molar-refractivity contribution < 1.29 is 13.8 Å². The molecule has 6 heteroatoms. The molecule has 0 fully saturated rings. The van der Waals surface area contributed by atoms with Gasteiger partial charge in [0.1, 0.15) is 11.5 Å². The first-order valence-corrected chi connectivity index (χ1v) is 5.59. The van der Waals surface area contributed by atoms with Gasteiger partial charge in [0.25, 0.3) is 5.91 Å². The minimum absolute atomic E-state index is 0.188. The van der Waals surface area contributed by atoms with Crippen molar-refractivity contribution in [2.45, 2.75) is 27.3 Å². The summed E-state index contributed by atoms with van der Waals surface area (Å²) in [6.07, 6.45) is 0. The van der Waals surface area contributed by atoms with E-state index in [4.69, 9.17) is 9.05 Å². The van der Waals surface area contributed by atoms with Gasteiger partial charge in [0.05, 0.1) is 12.2 Å². The summed E-state index contributed by atoms with van der Waals surface area (Å²) < 4.78 is 9.95. The van der Waals surface area contributed by atoms with Crippen molar-refractivity contribution in [3.8, 4) is 0 Å². The molecule has 2 aromatic rings. The summed E-state index contributed by atoms with van der Waals surface area (Å²) in [4.78, 5) is 13.6. The average Bonchev–Trinajstić information content (AvgIpc) is 2.89. The smallest absolute Gasteiger partial charge is 0.276 e. The number of hydrogen-bond acceptors (Lipinski definition) is 5. The summed E-state index contributed by atoms with van der Waals surface area (Å²) in [6, 6.07) is 1.62. The van der Waals surface area contributed by atoms with Crippen LogP contribution in [0.3, 0.4) is 0 Å². The Morgan fingerprint density at radius 3 is 2.50 bits per heavy atom. The monoisotopic (exact) mass is 249 g/mol. The van der Waals surface area contributed by atoms with Gasteiger partial charge in [0, 0.05) is 18.7 Å². The first-order valence-electron chi connectivity index (χ1n) is 5.59. The third-order valence-electron chi connectivity index (χ3n) is 2.77. The van der Waals surface area contributed by atoms with E-state index in [1.54, 1.807) is 24.9 Å². The predicted octanol–water partition coefficient (Wildman–Crippen LogP) is 1.86. The Bertz CT molecular complexity index is 551. The Hall–Kier alpha value is -2.11. The third kappa shape index (κ3) is 2.27. The predicted molar refractivity (Wildman–Crippen MR) is 63.0 cm³/mol. The van der Waals surface area contributed by atoms with E-state index >= 15 is 0 Å². The molecular weight excluding hydrogens is 234 g/mol. The Kier molecular flexibility index (Phi) is 3.18. The molecule has 0 aliphatic carbocycles. The lowest BCUT2D eigenvalue weighted by atomic mass is 10.2. The summed E-state index contributed by atoms with van der Waals surface area (Å²) >= 11 is 0. The molecule has 0 bridgehead atoms. The van der Waals surface area contributed by atoms with E-state index in [-0.39, 0.29) is 5.91 Å². The van der Waals surface area contributed by atoms with Gasteiger partial charge in [-0.3, -0.25) is 4.79 Å². The Balaban J connectivity index is 2.13. The van der Waals surface area contributed by atoms with Crippen molar-refractivity contribution in [3.05, 3.63) is 34.5 Å². The summed E-state index contributed by atoms with van der Waals surface area (Å²) in [5, 5.41) is 7.56. The fourth-order valence-electron chi connectivity index (χ4n) is 1.70. The molecule has 18 heavy (non-hydrogen) atoms. The zero-order valence-electron chi connectivity index (χ0n) is 10.9. The van der Waals surface area contributed by atoms with Crippen molar-refractivity contribution in [2.75, 3.05) is 7.05 Å². The standard InChI is InChI=1S/C12H15N3O3/c1-7-5-11(14-17-7)12(16)15(4)6-10-8(2)13-18-9(10)3/h5H,6H2,1-4H3. The second-order valence-corrected chi connectivity index (χ2v) is 4.29. The molecule has 2 heterocycles. The molecule has 0 unspecified atom stereocenters. The van der Waals surface area contributed by atoms with Gasteiger partial charge in [0.2, 0.25) is 0 Å². The number of amides is 1. The van der Waals surface area contributed by atoms with Crippen LogP contribution in [0.15, 0.2) is 15.1 Å². The fourth-order valence-corrected chi connectivity index (χ4v) is 1.70. The van der Waals surface area contributed by atoms with E-state index in [0.29, 0.717) is 18.0 Å². The van der Waals surface area contributed by atoms with Crippen molar-refractivity contribution >= 4 is 5.91 Å². The Labute approximate surface area is 105 Å².